The van der Waals surface area contributed by atoms with Crippen molar-refractivity contribution in [3.63, 3.8) is 0 Å². The topological polar surface area (TPSA) is 41.7 Å². The monoisotopic (exact) mass is 307 g/mol. The fourth-order valence-corrected chi connectivity index (χ4v) is 2.22. The molecule has 0 amide bonds. The van der Waals surface area contributed by atoms with Crippen molar-refractivity contribution in [2.24, 2.45) is 0 Å². The Morgan fingerprint density at radius 2 is 1.79 bits per heavy atom. The predicted octanol–water partition coefficient (Wildman–Crippen LogP) is 2.26. The molecular weight excluding hydrogens is 285 g/mol. The van der Waals surface area contributed by atoms with E-state index in [1.807, 2.05) is 12.1 Å². The summed E-state index contributed by atoms with van der Waals surface area (Å²) in [5.41, 5.74) is 7.72. The summed E-state index contributed by atoms with van der Waals surface area (Å²) in [6.45, 7) is 7.75. The van der Waals surface area contributed by atoms with Gasteiger partial charge >= 0.3 is 0 Å². The summed E-state index contributed by atoms with van der Waals surface area (Å²) in [6, 6.07) is 6.01. The third-order valence-electron chi connectivity index (χ3n) is 3.40. The Morgan fingerprint density at radius 1 is 1.16 bits per heavy atom. The summed E-state index contributed by atoms with van der Waals surface area (Å²) >= 11 is 0. The molecule has 4 nitrogen and oxygen atoms in total. The van der Waals surface area contributed by atoms with Crippen LogP contribution in [0.4, 0.5) is 11.4 Å². The molecule has 1 heterocycles. The van der Waals surface area contributed by atoms with Crippen molar-refractivity contribution in [1.29, 1.82) is 0 Å². The zero-order valence-electron chi connectivity index (χ0n) is 11.5. The molecule has 0 aliphatic carbocycles. The number of nitrogens with two attached hydrogens (primary N) is 1. The van der Waals surface area contributed by atoms with E-state index in [2.05, 4.69) is 22.8 Å². The Bertz CT molecular complexity index is 382. The van der Waals surface area contributed by atoms with E-state index < -0.39 is 0 Å². The van der Waals surface area contributed by atoms with Gasteiger partial charge in [0.05, 0.1) is 12.8 Å². The zero-order valence-corrected chi connectivity index (χ0v) is 13.1. The summed E-state index contributed by atoms with van der Waals surface area (Å²) in [7, 11) is 1.66. The van der Waals surface area contributed by atoms with E-state index in [0.29, 0.717) is 5.69 Å². The number of hydrogen-bond acceptors (Lipinski definition) is 4. The third-order valence-corrected chi connectivity index (χ3v) is 3.40. The first-order chi connectivity index (χ1) is 8.24. The van der Waals surface area contributed by atoms with Crippen LogP contribution in [0.25, 0.3) is 0 Å². The quantitative estimate of drug-likeness (QED) is 0.870. The molecule has 0 atom stereocenters. The fraction of sp³-hybridized carbons (Fsp3) is 0.538. The van der Waals surface area contributed by atoms with E-state index in [4.69, 9.17) is 10.5 Å². The number of rotatable bonds is 3. The molecule has 0 spiro atoms. The normalized spacial score (nSPS) is 15.4. The van der Waals surface area contributed by atoms with Crippen LogP contribution in [0.3, 0.4) is 0 Å². The van der Waals surface area contributed by atoms with Crippen LogP contribution in [0.5, 0.6) is 5.75 Å². The van der Waals surface area contributed by atoms with Crippen molar-refractivity contribution < 1.29 is 4.74 Å². The van der Waals surface area contributed by atoms with Gasteiger partial charge in [-0.05, 0) is 18.7 Å². The van der Waals surface area contributed by atoms with Gasteiger partial charge in [-0.2, -0.15) is 0 Å². The minimum Gasteiger partial charge on any atom is -0.495 e. The minimum absolute atomic E-state index is 0. The summed E-state index contributed by atoms with van der Waals surface area (Å²) in [4.78, 5) is 4.85. The van der Waals surface area contributed by atoms with Gasteiger partial charge in [0, 0.05) is 37.9 Å². The first-order valence-corrected chi connectivity index (χ1v) is 6.15. The van der Waals surface area contributed by atoms with Crippen LogP contribution in [0.1, 0.15) is 6.92 Å². The third kappa shape index (κ3) is 4.34. The van der Waals surface area contributed by atoms with Crippen molar-refractivity contribution in [2.75, 3.05) is 50.5 Å². The molecule has 0 unspecified atom stereocenters. The lowest BCUT2D eigenvalue weighted by molar-refractivity contribution is 0.271. The molecule has 0 bridgehead atoms. The Morgan fingerprint density at radius 3 is 2.32 bits per heavy atom. The first kappa shape index (κ1) is 18.2. The van der Waals surface area contributed by atoms with Gasteiger partial charge in [0.15, 0.2) is 0 Å². The van der Waals surface area contributed by atoms with Gasteiger partial charge in [-0.15, -0.1) is 24.8 Å². The fourth-order valence-electron chi connectivity index (χ4n) is 2.22. The summed E-state index contributed by atoms with van der Waals surface area (Å²) in [6.07, 6.45) is 0. The second-order valence-corrected chi connectivity index (χ2v) is 4.35. The molecular formula is C13H23Cl2N3O. The number of hydrogen-bond donors (Lipinski definition) is 1. The van der Waals surface area contributed by atoms with Crippen molar-refractivity contribution in [3.8, 4) is 5.75 Å². The molecule has 0 radical (unpaired) electrons. The largest absolute Gasteiger partial charge is 0.495 e. The molecule has 2 N–H and O–H groups in total. The van der Waals surface area contributed by atoms with Crippen molar-refractivity contribution >= 4 is 36.2 Å². The van der Waals surface area contributed by atoms with Gasteiger partial charge in [-0.25, -0.2) is 0 Å². The standard InChI is InChI=1S/C13H21N3O.2ClH/c1-3-15-6-8-16(9-7-15)11-4-5-12(14)13(10-11)17-2;;/h4-5,10H,3,6-9,14H2,1-2H3;2*1H. The average Bonchev–Trinajstić information content (AvgIpc) is 2.39. The Balaban J connectivity index is 0.00000162. The van der Waals surface area contributed by atoms with Crippen molar-refractivity contribution in [2.45, 2.75) is 6.92 Å². The molecule has 2 rings (SSSR count). The van der Waals surface area contributed by atoms with Crippen LogP contribution in [0, 0.1) is 0 Å². The van der Waals surface area contributed by atoms with Crippen LogP contribution in [0.15, 0.2) is 18.2 Å². The zero-order chi connectivity index (χ0) is 12.3. The van der Waals surface area contributed by atoms with Crippen LogP contribution in [-0.2, 0) is 0 Å². The molecule has 6 heteroatoms. The molecule has 1 aromatic rings. The van der Waals surface area contributed by atoms with E-state index in [9.17, 15) is 0 Å². The predicted molar refractivity (Wildman–Crippen MR) is 86.2 cm³/mol. The first-order valence-electron chi connectivity index (χ1n) is 6.15. The lowest BCUT2D eigenvalue weighted by Crippen LogP contribution is -2.46. The summed E-state index contributed by atoms with van der Waals surface area (Å²) in [5, 5.41) is 0. The highest BCUT2D eigenvalue weighted by Gasteiger charge is 2.16. The Labute approximate surface area is 127 Å². The number of piperazine rings is 1. The summed E-state index contributed by atoms with van der Waals surface area (Å²) < 4.78 is 5.26. The van der Waals surface area contributed by atoms with E-state index in [1.165, 1.54) is 5.69 Å². The SMILES string of the molecule is CCN1CCN(c2ccc(N)c(OC)c2)CC1.Cl.Cl. The highest BCUT2D eigenvalue weighted by Crippen LogP contribution is 2.27. The highest BCUT2D eigenvalue weighted by atomic mass is 35.5. The van der Waals surface area contributed by atoms with Crippen LogP contribution < -0.4 is 15.4 Å². The van der Waals surface area contributed by atoms with E-state index in [-0.39, 0.29) is 24.8 Å². The minimum atomic E-state index is 0. The number of ether oxygens (including phenoxy) is 1. The van der Waals surface area contributed by atoms with E-state index >= 15 is 0 Å². The molecule has 1 aliphatic rings. The highest BCUT2D eigenvalue weighted by molar-refractivity contribution is 5.85. The lowest BCUT2D eigenvalue weighted by atomic mass is 10.2. The van der Waals surface area contributed by atoms with Crippen molar-refractivity contribution in [1.82, 2.24) is 4.90 Å². The Kier molecular flexibility index (Phi) is 7.99. The maximum atomic E-state index is 5.82. The maximum absolute atomic E-state index is 5.82. The smallest absolute Gasteiger partial charge is 0.143 e. The molecule has 0 aromatic heterocycles. The molecule has 1 fully saturated rings. The van der Waals surface area contributed by atoms with Gasteiger partial charge in [-0.1, -0.05) is 6.92 Å². The maximum Gasteiger partial charge on any atom is 0.143 e. The molecule has 19 heavy (non-hydrogen) atoms. The number of methoxy groups -OCH3 is 1. The molecule has 1 aromatic carbocycles. The number of likely N-dealkylation sites (N-methyl/N-ethyl adjacent to an activating group) is 1. The molecule has 1 aliphatic heterocycles. The average molecular weight is 308 g/mol. The van der Waals surface area contributed by atoms with Gasteiger partial charge in [0.1, 0.15) is 5.75 Å². The number of anilines is 2. The number of nitrogen functional groups attached to an aromatic ring is 1. The van der Waals surface area contributed by atoms with Gasteiger partial charge in [0.2, 0.25) is 0 Å². The second-order valence-electron chi connectivity index (χ2n) is 4.35. The molecule has 1 saturated heterocycles. The number of halogens is 2. The van der Waals surface area contributed by atoms with Crippen LogP contribution >= 0.6 is 24.8 Å². The van der Waals surface area contributed by atoms with Gasteiger partial charge < -0.3 is 20.3 Å². The van der Waals surface area contributed by atoms with Crippen LogP contribution in [0.2, 0.25) is 0 Å². The van der Waals surface area contributed by atoms with Crippen LogP contribution in [-0.4, -0.2) is 44.7 Å². The number of benzene rings is 1. The number of nitrogens with zero attached hydrogens (tertiary/aromatic N) is 2. The Hall–Kier alpha value is -0.840. The second kappa shape index (κ2) is 8.35. The van der Waals surface area contributed by atoms with E-state index in [1.54, 1.807) is 7.11 Å². The lowest BCUT2D eigenvalue weighted by Gasteiger charge is -2.35. The van der Waals surface area contributed by atoms with E-state index in [0.717, 1.165) is 38.5 Å². The summed E-state index contributed by atoms with van der Waals surface area (Å²) in [5.74, 6) is 0.764. The molecule has 110 valence electrons. The molecule has 0 saturated carbocycles. The van der Waals surface area contributed by atoms with Crippen molar-refractivity contribution in [3.05, 3.63) is 18.2 Å². The van der Waals surface area contributed by atoms with Gasteiger partial charge in [0.25, 0.3) is 0 Å². The van der Waals surface area contributed by atoms with Gasteiger partial charge in [-0.3, -0.25) is 0 Å².